The lowest BCUT2D eigenvalue weighted by Gasteiger charge is -2.24. The molecular weight excluding hydrogens is 384 g/mol. The first-order chi connectivity index (χ1) is 14.8. The fourth-order valence-corrected chi connectivity index (χ4v) is 3.03. The molecule has 0 heterocycles. The molecule has 31 heavy (non-hydrogen) atoms. The van der Waals surface area contributed by atoms with Crippen molar-refractivity contribution < 1.29 is 9.53 Å². The maximum absolute atomic E-state index is 12.2. The third kappa shape index (κ3) is 14.3. The van der Waals surface area contributed by atoms with Crippen molar-refractivity contribution in [3.63, 3.8) is 0 Å². The average molecular weight is 429 g/mol. The van der Waals surface area contributed by atoms with Crippen molar-refractivity contribution in [2.75, 3.05) is 0 Å². The molecule has 0 radical (unpaired) electrons. The molecule has 4 heteroatoms. The van der Waals surface area contributed by atoms with Crippen molar-refractivity contribution in [2.24, 2.45) is 5.73 Å². The van der Waals surface area contributed by atoms with Crippen molar-refractivity contribution in [3.05, 3.63) is 71.8 Å². The van der Waals surface area contributed by atoms with Gasteiger partial charge in [0.2, 0.25) is 0 Å². The van der Waals surface area contributed by atoms with Crippen LogP contribution in [-0.4, -0.2) is 23.8 Å². The van der Waals surface area contributed by atoms with Crippen LogP contribution in [0.25, 0.3) is 0 Å². The molecule has 0 aromatic heterocycles. The first-order valence-electron chi connectivity index (χ1n) is 11.6. The molecule has 0 bridgehead atoms. The van der Waals surface area contributed by atoms with Gasteiger partial charge in [0.25, 0.3) is 0 Å². The van der Waals surface area contributed by atoms with E-state index in [4.69, 9.17) is 10.5 Å². The minimum absolute atomic E-state index is 0.0101. The minimum atomic E-state index is -0.509. The summed E-state index contributed by atoms with van der Waals surface area (Å²) in [6.07, 6.45) is 2.87. The Morgan fingerprint density at radius 1 is 0.839 bits per heavy atom. The number of amides is 1. The van der Waals surface area contributed by atoms with Crippen LogP contribution in [0.2, 0.25) is 0 Å². The normalized spacial score (nSPS) is 12.3. The molecule has 2 atom stereocenters. The summed E-state index contributed by atoms with van der Waals surface area (Å²) in [4.78, 5) is 12.2. The Balaban J connectivity index is 0.00000212. The molecule has 0 aliphatic carbocycles. The number of carbonyl (C=O) groups is 1. The molecule has 0 spiro atoms. The highest BCUT2D eigenvalue weighted by Crippen LogP contribution is 2.13. The summed E-state index contributed by atoms with van der Waals surface area (Å²) >= 11 is 0. The van der Waals surface area contributed by atoms with Crippen molar-refractivity contribution in [2.45, 2.75) is 91.8 Å². The standard InChI is InChI=1S/C23H32N2O2.2C2H6/c1-23(2,3)27-22(26)25-21(17-19-12-8-5-9-13-19)15-14-20(24)16-18-10-6-4-7-11-18;2*1-2/h4-13,20-21H,14-17,24H2,1-3H3,(H,25,26);2*1-2H3. The summed E-state index contributed by atoms with van der Waals surface area (Å²) in [5, 5.41) is 3.02. The fraction of sp³-hybridized carbons (Fsp3) is 0.519. The zero-order valence-electron chi connectivity index (χ0n) is 20.7. The maximum Gasteiger partial charge on any atom is 0.407 e. The molecule has 0 saturated carbocycles. The summed E-state index contributed by atoms with van der Waals surface area (Å²) in [6.45, 7) is 13.6. The number of hydrogen-bond donors (Lipinski definition) is 2. The predicted octanol–water partition coefficient (Wildman–Crippen LogP) is 6.53. The van der Waals surface area contributed by atoms with E-state index in [-0.39, 0.29) is 18.2 Å². The third-order valence-corrected chi connectivity index (χ3v) is 4.27. The Labute approximate surface area is 190 Å². The second-order valence-corrected chi connectivity index (χ2v) is 8.06. The number of ether oxygens (including phenoxy) is 1. The van der Waals surface area contributed by atoms with Crippen LogP contribution >= 0.6 is 0 Å². The molecule has 2 rings (SSSR count). The van der Waals surface area contributed by atoms with Gasteiger partial charge in [0.05, 0.1) is 0 Å². The first-order valence-corrected chi connectivity index (χ1v) is 11.6. The van der Waals surface area contributed by atoms with Crippen LogP contribution in [0, 0.1) is 0 Å². The van der Waals surface area contributed by atoms with Gasteiger partial charge >= 0.3 is 6.09 Å². The molecular formula is C27H44N2O2. The third-order valence-electron chi connectivity index (χ3n) is 4.27. The van der Waals surface area contributed by atoms with Crippen LogP contribution in [0.4, 0.5) is 4.79 Å². The summed E-state index contributed by atoms with van der Waals surface area (Å²) in [5.74, 6) is 0. The van der Waals surface area contributed by atoms with Crippen molar-refractivity contribution in [1.29, 1.82) is 0 Å². The summed E-state index contributed by atoms with van der Waals surface area (Å²) in [7, 11) is 0. The van der Waals surface area contributed by atoms with Gasteiger partial charge in [-0.15, -0.1) is 0 Å². The molecule has 3 N–H and O–H groups in total. The monoisotopic (exact) mass is 428 g/mol. The quantitative estimate of drug-likeness (QED) is 0.503. The van der Waals surface area contributed by atoms with Crippen LogP contribution in [0.15, 0.2) is 60.7 Å². The Morgan fingerprint density at radius 2 is 1.29 bits per heavy atom. The van der Waals surface area contributed by atoms with Gasteiger partial charge in [-0.1, -0.05) is 88.4 Å². The highest BCUT2D eigenvalue weighted by Gasteiger charge is 2.20. The predicted molar refractivity (Wildman–Crippen MR) is 133 cm³/mol. The Bertz CT molecular complexity index is 681. The van der Waals surface area contributed by atoms with Gasteiger partial charge < -0.3 is 15.8 Å². The smallest absolute Gasteiger partial charge is 0.407 e. The van der Waals surface area contributed by atoms with Gasteiger partial charge in [-0.05, 0) is 57.6 Å². The van der Waals surface area contributed by atoms with Gasteiger partial charge in [-0.25, -0.2) is 4.79 Å². The van der Waals surface area contributed by atoms with Crippen LogP contribution in [0.1, 0.15) is 72.4 Å². The zero-order chi connectivity index (χ0) is 23.7. The topological polar surface area (TPSA) is 64.3 Å². The number of nitrogens with one attached hydrogen (secondary N) is 1. The van der Waals surface area contributed by atoms with E-state index >= 15 is 0 Å². The van der Waals surface area contributed by atoms with Crippen LogP contribution < -0.4 is 11.1 Å². The molecule has 174 valence electrons. The summed E-state index contributed by atoms with van der Waals surface area (Å²) in [6, 6.07) is 20.5. The SMILES string of the molecule is CC.CC.CC(C)(C)OC(=O)NC(CCC(N)Cc1ccccc1)Cc1ccccc1. The van der Waals surface area contributed by atoms with E-state index in [1.165, 1.54) is 11.1 Å². The molecule has 0 fully saturated rings. The number of rotatable bonds is 8. The van der Waals surface area contributed by atoms with E-state index in [0.29, 0.717) is 0 Å². The molecule has 0 aliphatic rings. The van der Waals surface area contributed by atoms with Crippen LogP contribution in [0.3, 0.4) is 0 Å². The molecule has 2 aromatic carbocycles. The number of benzene rings is 2. The fourth-order valence-electron chi connectivity index (χ4n) is 3.03. The van der Waals surface area contributed by atoms with E-state index in [1.54, 1.807) is 0 Å². The van der Waals surface area contributed by atoms with Crippen LogP contribution in [0.5, 0.6) is 0 Å². The molecule has 2 unspecified atom stereocenters. The molecule has 0 saturated heterocycles. The lowest BCUT2D eigenvalue weighted by atomic mass is 9.96. The largest absolute Gasteiger partial charge is 0.444 e. The summed E-state index contributed by atoms with van der Waals surface area (Å²) in [5.41, 5.74) is 8.26. The van der Waals surface area contributed by atoms with Gasteiger partial charge in [0.15, 0.2) is 0 Å². The highest BCUT2D eigenvalue weighted by atomic mass is 16.6. The van der Waals surface area contributed by atoms with Crippen molar-refractivity contribution in [3.8, 4) is 0 Å². The first kappa shape index (κ1) is 28.7. The van der Waals surface area contributed by atoms with E-state index in [9.17, 15) is 4.79 Å². The lowest BCUT2D eigenvalue weighted by molar-refractivity contribution is 0.0500. The van der Waals surface area contributed by atoms with Gasteiger partial charge in [0, 0.05) is 12.1 Å². The van der Waals surface area contributed by atoms with Crippen molar-refractivity contribution in [1.82, 2.24) is 5.32 Å². The molecule has 4 nitrogen and oxygen atoms in total. The minimum Gasteiger partial charge on any atom is -0.444 e. The van der Waals surface area contributed by atoms with Crippen LogP contribution in [-0.2, 0) is 17.6 Å². The van der Waals surface area contributed by atoms with Gasteiger partial charge in [-0.2, -0.15) is 0 Å². The zero-order valence-corrected chi connectivity index (χ0v) is 20.7. The average Bonchev–Trinajstić information content (AvgIpc) is 2.75. The van der Waals surface area contributed by atoms with E-state index in [0.717, 1.165) is 25.7 Å². The number of nitrogens with two attached hydrogens (primary N) is 1. The molecule has 0 aliphatic heterocycles. The number of alkyl carbamates (subject to hydrolysis) is 1. The number of carbonyl (C=O) groups excluding carboxylic acids is 1. The lowest BCUT2D eigenvalue weighted by Crippen LogP contribution is -2.41. The maximum atomic E-state index is 12.2. The molecule has 1 amide bonds. The highest BCUT2D eigenvalue weighted by molar-refractivity contribution is 5.68. The van der Waals surface area contributed by atoms with E-state index < -0.39 is 5.60 Å². The second kappa shape index (κ2) is 16.4. The molecule has 2 aromatic rings. The van der Waals surface area contributed by atoms with Crippen molar-refractivity contribution >= 4 is 6.09 Å². The van der Waals surface area contributed by atoms with E-state index in [1.807, 2.05) is 84.9 Å². The number of hydrogen-bond acceptors (Lipinski definition) is 3. The summed E-state index contributed by atoms with van der Waals surface area (Å²) < 4.78 is 5.43. The van der Waals surface area contributed by atoms with Gasteiger partial charge in [0.1, 0.15) is 5.60 Å². The van der Waals surface area contributed by atoms with E-state index in [2.05, 4.69) is 29.6 Å². The Morgan fingerprint density at radius 3 is 1.74 bits per heavy atom. The Hall–Kier alpha value is -2.33. The Kier molecular flexibility index (Phi) is 15.1. The van der Waals surface area contributed by atoms with Gasteiger partial charge in [-0.3, -0.25) is 0 Å². The second-order valence-electron chi connectivity index (χ2n) is 8.06.